The van der Waals surface area contributed by atoms with Gasteiger partial charge in [0.25, 0.3) is 5.91 Å². The first-order chi connectivity index (χ1) is 16.2. The minimum Gasteiger partial charge on any atom is -0.406 e. The number of aryl methyl sites for hydroxylation is 2. The molecule has 0 bridgehead atoms. The van der Waals surface area contributed by atoms with Crippen LogP contribution in [0.5, 0.6) is 5.75 Å². The zero-order valence-electron chi connectivity index (χ0n) is 18.5. The minimum atomic E-state index is -4.79. The molecule has 0 atom stereocenters. The smallest absolute Gasteiger partial charge is 0.406 e. The topological polar surface area (TPSA) is 41.9 Å². The van der Waals surface area contributed by atoms with Crippen LogP contribution in [0.15, 0.2) is 83.5 Å². The van der Waals surface area contributed by atoms with E-state index >= 15 is 0 Å². The number of thioether (sulfide) groups is 1. The van der Waals surface area contributed by atoms with Gasteiger partial charge >= 0.3 is 6.36 Å². The van der Waals surface area contributed by atoms with Crippen LogP contribution in [0, 0.1) is 13.8 Å². The molecule has 0 spiro atoms. The number of amides is 1. The van der Waals surface area contributed by atoms with Crippen LogP contribution in [0.25, 0.3) is 6.08 Å². The van der Waals surface area contributed by atoms with Gasteiger partial charge in [0, 0.05) is 5.75 Å². The fourth-order valence-corrected chi connectivity index (χ4v) is 4.24. The van der Waals surface area contributed by atoms with Crippen LogP contribution in [0.4, 0.5) is 18.9 Å². The predicted molar refractivity (Wildman–Crippen MR) is 130 cm³/mol. The van der Waals surface area contributed by atoms with E-state index in [4.69, 9.17) is 0 Å². The lowest BCUT2D eigenvalue weighted by Crippen LogP contribution is -2.30. The fourth-order valence-electron chi connectivity index (χ4n) is 3.27. The summed E-state index contributed by atoms with van der Waals surface area (Å²) in [5.41, 5.74) is 4.80. The Morgan fingerprint density at radius 2 is 1.50 bits per heavy atom. The number of nitrogens with zero attached hydrogens (tertiary/aromatic N) is 2. The highest BCUT2D eigenvalue weighted by atomic mass is 32.2. The number of hydrogen-bond donors (Lipinski definition) is 0. The molecule has 1 aliphatic rings. The summed E-state index contributed by atoms with van der Waals surface area (Å²) in [6, 6.07) is 20.9. The third-order valence-electron chi connectivity index (χ3n) is 5.03. The van der Waals surface area contributed by atoms with E-state index in [-0.39, 0.29) is 17.4 Å². The molecule has 174 valence electrons. The molecular formula is C26H21F3N2O2S. The Morgan fingerprint density at radius 1 is 0.912 bits per heavy atom. The molecular weight excluding hydrogens is 461 g/mol. The number of amidine groups is 1. The molecule has 3 aromatic carbocycles. The summed E-state index contributed by atoms with van der Waals surface area (Å²) in [7, 11) is 0. The summed E-state index contributed by atoms with van der Waals surface area (Å²) >= 11 is 1.38. The van der Waals surface area contributed by atoms with Crippen LogP contribution in [0.1, 0.15) is 22.3 Å². The first kappa shape index (κ1) is 23.6. The zero-order valence-corrected chi connectivity index (χ0v) is 19.3. The molecule has 3 aromatic rings. The van der Waals surface area contributed by atoms with E-state index in [1.54, 1.807) is 6.08 Å². The van der Waals surface area contributed by atoms with Crippen LogP contribution in [0.2, 0.25) is 0 Å². The van der Waals surface area contributed by atoms with Gasteiger partial charge in [-0.2, -0.15) is 0 Å². The maximum atomic E-state index is 13.3. The van der Waals surface area contributed by atoms with Crippen molar-refractivity contribution in [1.82, 2.24) is 0 Å². The molecule has 0 unspecified atom stereocenters. The Bertz CT molecular complexity index is 1230. The summed E-state index contributed by atoms with van der Waals surface area (Å²) < 4.78 is 41.5. The summed E-state index contributed by atoms with van der Waals surface area (Å²) in [5, 5.41) is 0.452. The molecule has 0 fully saturated rings. The molecule has 0 radical (unpaired) electrons. The SMILES string of the molecule is Cc1ccc(C=C2N=C(SCc3ccc(C)cc3)N(c3ccc(OC(F)(F)F)cc3)C2=O)cc1. The maximum absolute atomic E-state index is 13.3. The lowest BCUT2D eigenvalue weighted by atomic mass is 10.1. The molecule has 4 rings (SSSR count). The van der Waals surface area contributed by atoms with Crippen LogP contribution in [-0.4, -0.2) is 17.4 Å². The normalized spacial score (nSPS) is 15.1. The lowest BCUT2D eigenvalue weighted by molar-refractivity contribution is -0.274. The van der Waals surface area contributed by atoms with Crippen molar-refractivity contribution in [3.05, 3.63) is 101 Å². The number of rotatable bonds is 5. The van der Waals surface area contributed by atoms with E-state index in [1.807, 2.05) is 62.4 Å². The molecule has 0 N–H and O–H groups in total. The highest BCUT2D eigenvalue weighted by molar-refractivity contribution is 8.13. The van der Waals surface area contributed by atoms with Crippen molar-refractivity contribution in [2.75, 3.05) is 4.90 Å². The van der Waals surface area contributed by atoms with Gasteiger partial charge in [-0.05, 0) is 55.3 Å². The number of carbonyl (C=O) groups is 1. The number of hydrogen-bond acceptors (Lipinski definition) is 4. The highest BCUT2D eigenvalue weighted by Crippen LogP contribution is 2.33. The second-order valence-electron chi connectivity index (χ2n) is 7.79. The summed E-state index contributed by atoms with van der Waals surface area (Å²) in [5.74, 6) is -0.128. The van der Waals surface area contributed by atoms with Gasteiger partial charge in [-0.25, -0.2) is 4.99 Å². The predicted octanol–water partition coefficient (Wildman–Crippen LogP) is 6.88. The van der Waals surface area contributed by atoms with Crippen molar-refractivity contribution < 1.29 is 22.7 Å². The fraction of sp³-hybridized carbons (Fsp3) is 0.154. The lowest BCUT2D eigenvalue weighted by Gasteiger charge is -2.18. The number of ether oxygens (including phenoxy) is 1. The van der Waals surface area contributed by atoms with Crippen molar-refractivity contribution >= 4 is 34.6 Å². The summed E-state index contributed by atoms with van der Waals surface area (Å²) in [6.07, 6.45) is -3.08. The van der Waals surface area contributed by atoms with Crippen molar-refractivity contribution in [3.63, 3.8) is 0 Å². The molecule has 0 saturated heterocycles. The quantitative estimate of drug-likeness (QED) is 0.372. The molecule has 0 aliphatic carbocycles. The number of alkyl halides is 3. The molecule has 1 amide bonds. The number of carbonyl (C=O) groups excluding carboxylic acids is 1. The second-order valence-corrected chi connectivity index (χ2v) is 8.73. The van der Waals surface area contributed by atoms with E-state index in [1.165, 1.54) is 40.9 Å². The van der Waals surface area contributed by atoms with Crippen molar-refractivity contribution in [3.8, 4) is 5.75 Å². The first-order valence-electron chi connectivity index (χ1n) is 10.4. The average molecular weight is 483 g/mol. The monoisotopic (exact) mass is 482 g/mol. The van der Waals surface area contributed by atoms with Gasteiger partial charge in [0.05, 0.1) is 5.69 Å². The Hall–Kier alpha value is -3.52. The van der Waals surface area contributed by atoms with Crippen LogP contribution in [-0.2, 0) is 10.5 Å². The van der Waals surface area contributed by atoms with Crippen LogP contribution < -0.4 is 9.64 Å². The van der Waals surface area contributed by atoms with Gasteiger partial charge in [-0.15, -0.1) is 13.2 Å². The van der Waals surface area contributed by atoms with Gasteiger partial charge in [-0.1, -0.05) is 71.4 Å². The molecule has 0 aromatic heterocycles. The van der Waals surface area contributed by atoms with E-state index in [2.05, 4.69) is 9.73 Å². The Labute approximate surface area is 199 Å². The van der Waals surface area contributed by atoms with Gasteiger partial charge in [-0.3, -0.25) is 9.69 Å². The third-order valence-corrected chi connectivity index (χ3v) is 6.04. The van der Waals surface area contributed by atoms with Crippen LogP contribution in [0.3, 0.4) is 0 Å². The zero-order chi connectivity index (χ0) is 24.3. The molecule has 34 heavy (non-hydrogen) atoms. The molecule has 4 nitrogen and oxygen atoms in total. The van der Waals surface area contributed by atoms with Crippen molar-refractivity contribution in [2.45, 2.75) is 26.0 Å². The van der Waals surface area contributed by atoms with E-state index in [9.17, 15) is 18.0 Å². The number of halogens is 3. The Morgan fingerprint density at radius 3 is 2.09 bits per heavy atom. The van der Waals surface area contributed by atoms with Gasteiger partial charge in [0.1, 0.15) is 11.4 Å². The highest BCUT2D eigenvalue weighted by Gasteiger charge is 2.33. The third kappa shape index (κ3) is 5.88. The first-order valence-corrected chi connectivity index (χ1v) is 11.4. The molecule has 8 heteroatoms. The van der Waals surface area contributed by atoms with Gasteiger partial charge in [0.15, 0.2) is 5.17 Å². The summed E-state index contributed by atoms with van der Waals surface area (Å²) in [6.45, 7) is 3.98. The largest absolute Gasteiger partial charge is 0.573 e. The number of aliphatic imine (C=N–C) groups is 1. The second kappa shape index (κ2) is 9.77. The summed E-state index contributed by atoms with van der Waals surface area (Å²) in [4.78, 5) is 19.3. The van der Waals surface area contributed by atoms with E-state index in [0.29, 0.717) is 16.6 Å². The van der Waals surface area contributed by atoms with Gasteiger partial charge in [0.2, 0.25) is 0 Å². The Balaban J connectivity index is 1.63. The van der Waals surface area contributed by atoms with E-state index < -0.39 is 6.36 Å². The molecule has 1 heterocycles. The maximum Gasteiger partial charge on any atom is 0.573 e. The van der Waals surface area contributed by atoms with Crippen LogP contribution >= 0.6 is 11.8 Å². The minimum absolute atomic E-state index is 0.255. The van der Waals surface area contributed by atoms with Gasteiger partial charge < -0.3 is 4.74 Å². The standard InChI is InChI=1S/C26H21F3N2O2S/c1-17-3-7-19(8-4-17)15-23-24(32)31(21-11-13-22(14-12-21)33-26(27,28)29)25(30-23)34-16-20-9-5-18(2)6-10-20/h3-15H,16H2,1-2H3. The molecule has 0 saturated carbocycles. The number of benzene rings is 3. The Kier molecular flexibility index (Phi) is 6.79. The average Bonchev–Trinajstić information content (AvgIpc) is 3.09. The van der Waals surface area contributed by atoms with E-state index in [0.717, 1.165) is 22.3 Å². The van der Waals surface area contributed by atoms with Crippen molar-refractivity contribution in [1.29, 1.82) is 0 Å². The number of anilines is 1. The van der Waals surface area contributed by atoms with Crippen molar-refractivity contribution in [2.24, 2.45) is 4.99 Å². The molecule has 1 aliphatic heterocycles.